The van der Waals surface area contributed by atoms with Crippen LogP contribution >= 0.6 is 43.5 Å². The second-order valence-electron chi connectivity index (χ2n) is 43.3. The fraction of sp³-hybridized carbons (Fsp3) is 0.754. The molecule has 5 N–H and O–H groups in total. The Kier molecular flexibility index (Phi) is 56.2. The molecule has 6 fully saturated rings. The zero-order valence-electron chi connectivity index (χ0n) is 90.4. The molecule has 0 unspecified atom stereocenters. The van der Waals surface area contributed by atoms with Gasteiger partial charge in [-0.05, 0) is 251 Å². The van der Waals surface area contributed by atoms with Crippen molar-refractivity contribution in [2.24, 2.45) is 82.9 Å². The molecule has 30 atom stereocenters. The number of alkyl halides is 2. The van der Waals surface area contributed by atoms with Gasteiger partial charge in [0.2, 0.25) is 16.8 Å². The number of piperidine rings is 2. The number of hydrogen-bond acceptors (Lipinski definition) is 26. The number of unbranched alkanes of at least 4 members (excludes halogenated alkanes) is 4. The topological polar surface area (TPSA) is 396 Å². The van der Waals surface area contributed by atoms with E-state index in [1.54, 1.807) is 96.0 Å². The van der Waals surface area contributed by atoms with Gasteiger partial charge < -0.3 is 78.0 Å². The minimum absolute atomic E-state index is 0.0641. The molecule has 2 aliphatic carbocycles. The van der Waals surface area contributed by atoms with E-state index in [0.717, 1.165) is 73.2 Å². The third kappa shape index (κ3) is 39.4. The molecule has 6 heterocycles. The number of esters is 3. The van der Waals surface area contributed by atoms with Crippen molar-refractivity contribution >= 4 is 113 Å². The summed E-state index contributed by atoms with van der Waals surface area (Å²) >= 11 is 11.8. The molecular weight excluding hydrogens is 2010 g/mol. The monoisotopic (exact) mass is 2180 g/mol. The molecule has 2 saturated carbocycles. The first kappa shape index (κ1) is 127. The Labute approximate surface area is 886 Å². The van der Waals surface area contributed by atoms with E-state index in [4.69, 9.17) is 54.2 Å². The maximum atomic E-state index is 14.5. The number of ketones is 6. The molecule has 0 radical (unpaired) electrons. The molecule has 0 spiro atoms. The summed E-state index contributed by atoms with van der Waals surface area (Å²) in [5.74, 6) is -16.7. The van der Waals surface area contributed by atoms with E-state index in [-0.39, 0.29) is 139 Å². The number of allylic oxidation sites excluding steroid dienone is 12. The quantitative estimate of drug-likeness (QED) is 0.0135. The summed E-state index contributed by atoms with van der Waals surface area (Å²) in [6.45, 7) is 29.3. The van der Waals surface area contributed by atoms with Crippen molar-refractivity contribution in [3.8, 4) is 0 Å². The highest BCUT2D eigenvalue weighted by atomic mass is 79.9. The molecule has 28 nitrogen and oxygen atoms in total. The summed E-state index contributed by atoms with van der Waals surface area (Å²) in [4.78, 5) is 167. The van der Waals surface area contributed by atoms with E-state index in [2.05, 4.69) is 31.9 Å². The largest absolute Gasteiger partial charge is 0.460 e. The zero-order chi connectivity index (χ0) is 108. The van der Waals surface area contributed by atoms with Gasteiger partial charge in [0.1, 0.15) is 53.5 Å². The van der Waals surface area contributed by atoms with Gasteiger partial charge in [-0.25, -0.2) is 9.59 Å². The van der Waals surface area contributed by atoms with Crippen LogP contribution in [-0.2, 0) is 100 Å². The maximum absolute atomic E-state index is 14.5. The molecule has 0 aromatic heterocycles. The van der Waals surface area contributed by atoms with Crippen molar-refractivity contribution in [1.29, 1.82) is 0 Å². The normalized spacial score (nSPS) is 36.1. The first-order valence-electron chi connectivity index (χ1n) is 53.7. The van der Waals surface area contributed by atoms with Crippen LogP contribution in [0.1, 0.15) is 316 Å². The van der Waals surface area contributed by atoms with Crippen molar-refractivity contribution < 1.29 is 126 Å². The summed E-state index contributed by atoms with van der Waals surface area (Å²) in [5, 5.41) is 58.9. The first-order chi connectivity index (χ1) is 68.6. The third-order valence-corrected chi connectivity index (χ3v) is 32.7. The zero-order valence-corrected chi connectivity index (χ0v) is 94.3. The summed E-state index contributed by atoms with van der Waals surface area (Å²) in [5.41, 5.74) is 2.76. The number of halogens is 3. The number of hydrogen-bond donors (Lipinski definition) is 5. The van der Waals surface area contributed by atoms with Crippen LogP contribution in [0.3, 0.4) is 0 Å². The highest BCUT2D eigenvalue weighted by molar-refractivity contribution is 9.09. The first-order valence-corrected chi connectivity index (χ1v) is 56.4. The average molecular weight is 2190 g/mol. The Balaban J connectivity index is 0.000000410. The van der Waals surface area contributed by atoms with Crippen LogP contribution < -0.4 is 0 Å². The molecule has 0 aromatic rings. The number of fused-ring (bicyclic) bond motifs is 6. The number of aliphatic hydroxyl groups is 5. The number of aliphatic hydroxyl groups excluding tert-OH is 3. The van der Waals surface area contributed by atoms with Gasteiger partial charge in [0.25, 0.3) is 23.4 Å². The second kappa shape index (κ2) is 63.9. The van der Waals surface area contributed by atoms with Gasteiger partial charge in [0.15, 0.2) is 0 Å². The fourth-order valence-corrected chi connectivity index (χ4v) is 22.7. The molecule has 8 rings (SSSR count). The number of nitrogens with zero attached hydrogens (tertiary/aromatic N) is 2. The molecule has 31 heteroatoms. The lowest BCUT2D eigenvalue weighted by Gasteiger charge is -2.42. The van der Waals surface area contributed by atoms with Gasteiger partial charge >= 0.3 is 17.9 Å². The van der Waals surface area contributed by atoms with Crippen LogP contribution in [0, 0.1) is 82.9 Å². The van der Waals surface area contributed by atoms with Gasteiger partial charge in [-0.15, -0.1) is 0 Å². The molecule has 8 aliphatic rings. The molecule has 4 saturated heterocycles. The van der Waals surface area contributed by atoms with Crippen LogP contribution in [0.4, 0.5) is 0 Å². The van der Waals surface area contributed by atoms with Crippen LogP contribution in [-0.4, -0.2) is 254 Å². The molecule has 145 heavy (non-hydrogen) atoms. The van der Waals surface area contributed by atoms with Crippen LogP contribution in [0.5, 0.6) is 0 Å². The summed E-state index contributed by atoms with van der Waals surface area (Å²) in [7, 11) is 6.34. The Hall–Kier alpha value is -6.23. The van der Waals surface area contributed by atoms with Gasteiger partial charge in [0, 0.05) is 138 Å². The predicted molar refractivity (Wildman–Crippen MR) is 566 cm³/mol. The smallest absolute Gasteiger partial charge is 0.329 e. The molecule has 4 bridgehead atoms. The van der Waals surface area contributed by atoms with Crippen molar-refractivity contribution in [2.45, 2.75) is 413 Å². The number of carbonyl (C=O) groups excluding carboxylic acids is 12. The lowest BCUT2D eigenvalue weighted by atomic mass is 9.78. The average Bonchev–Trinajstić information content (AvgIpc) is 0.777. The standard InChI is InChI=1S/C57H88BrNO13.C51H79NO12.C6H10BrClO/c1-35-19-13-11-14-20-36(2)48(68-9)33-44-25-23-41(7)57(67,72-44)54(64)55(65)59-28-18-16-21-45(59)56(66)71-49(34-46(60)37(3)30-40(6)53(63)42(8)52(62)39(5)29-35)38(4)31-43-24-26-47(50(32-43)69-10)70-51(61)22-15-12-17-27-58;1-30-16-12-11-13-17-31(2)43(61-9)28-39-21-19-36(7)51(60,64-39)48(57)49(58)52-23-15-14-18-40(52)50(59)63-44(33(4)26-38-20-22-41(53)45(27-38)62-10)29-42(54)32(3)25-35(6)47(56)37(8)46(55)34(5)24-30;7-5-3-1-2-4-6(8)9/h11,13-14,19-20,30,35,37-39,41-45,47-50,53,63,67H,12,15-18,21-29,31-34H2,1-10H3;11-13,16-17,25,30,32-34,36-41,43-45,47,53,56,60H,14-15,18-24,26-29H2,1-10H3;1-5H2/b14-11?,19-13+,36-20?,40-30+;13-11?,16-12+,31-17?,35-25+;/t35-,37-,38-,39-,41-,42+,43+,44+,45+,47-,48+,49+,50-,53-,57-;30-,32-,33-,34-,36-,37+,38+,39+,40+,41-,43+,44+,45-,47-,51-;/m11./s1. The highest BCUT2D eigenvalue weighted by Crippen LogP contribution is 2.43. The number of amides is 2. The predicted octanol–water partition coefficient (Wildman–Crippen LogP) is 18.8. The maximum Gasteiger partial charge on any atom is 0.329 e. The van der Waals surface area contributed by atoms with Gasteiger partial charge in [-0.3, -0.25) is 47.9 Å². The Morgan fingerprint density at radius 1 is 0.462 bits per heavy atom. The molecule has 6 aliphatic heterocycles. The van der Waals surface area contributed by atoms with E-state index in [9.17, 15) is 83.1 Å². The SMILES string of the molecule is CO[C@H]1C[C@@H]2CC[C@@H](C)[C@@](O)(O2)C(=O)C(=O)N2CCCC[C@H]2C(=O)O[C@H]([C@H](C)C[C@@H]2CC[C@@H](O)[C@H](OC)C2)CC(=O)[C@H](C)/C=C(\C)[C@@H](O)[C@@H](C)C(=O)[C@H](C)C[C@H](C)/C=C/C=CC=C1C.CO[C@H]1C[C@@H]2CC[C@@H](C)[C@@](O)(O2)C(=O)C(=O)N2CCCC[C@H]2C(=O)O[C@H]([C@H](C)C[C@@H]2CC[C@@H](OC(=O)CCCCCBr)[C@H](OC)C2)CC(=O)[C@H](C)/C=C(\C)[C@@H](O)[C@@H](C)C(=O)[C@H](C)C[C@H](C)/C=C/C=CC=C1C.O=C(Cl)CCCCCBr. The van der Waals surface area contributed by atoms with Crippen molar-refractivity contribution in [1.82, 2.24) is 9.80 Å². The van der Waals surface area contributed by atoms with Crippen LogP contribution in [0.25, 0.3) is 0 Å². The minimum atomic E-state index is -2.44. The van der Waals surface area contributed by atoms with Crippen molar-refractivity contribution in [3.63, 3.8) is 0 Å². The van der Waals surface area contributed by atoms with Gasteiger partial charge in [0.05, 0.1) is 54.9 Å². The van der Waals surface area contributed by atoms with Gasteiger partial charge in [-0.1, -0.05) is 201 Å². The summed E-state index contributed by atoms with van der Waals surface area (Å²) in [6, 6.07) is -2.27. The summed E-state index contributed by atoms with van der Waals surface area (Å²) < 4.78 is 54.0. The van der Waals surface area contributed by atoms with E-state index in [1.807, 2.05) is 116 Å². The number of carbonyl (C=O) groups is 12. The number of Topliss-reactive ketones (excluding diaryl/α,β-unsaturated/α-hetero) is 6. The number of rotatable bonds is 21. The molecule has 0 aromatic carbocycles. The van der Waals surface area contributed by atoms with Crippen LogP contribution in [0.2, 0.25) is 0 Å². The van der Waals surface area contributed by atoms with E-state index < -0.39 is 149 Å². The van der Waals surface area contributed by atoms with Gasteiger partial charge in [-0.2, -0.15) is 0 Å². The van der Waals surface area contributed by atoms with Crippen molar-refractivity contribution in [2.75, 3.05) is 52.2 Å². The molecular formula is C114H177Br2ClN2O26. The number of methoxy groups -OCH3 is 4. The fourth-order valence-electron chi connectivity index (χ4n) is 21.8. The van der Waals surface area contributed by atoms with Crippen molar-refractivity contribution in [3.05, 3.63) is 95.2 Å². The Morgan fingerprint density at radius 2 is 0.862 bits per heavy atom. The molecule has 820 valence electrons. The Morgan fingerprint density at radius 3 is 1.26 bits per heavy atom. The van der Waals surface area contributed by atoms with E-state index in [0.29, 0.717) is 140 Å². The lowest BCUT2D eigenvalue weighted by molar-refractivity contribution is -0.265. The lowest BCUT2D eigenvalue weighted by Crippen LogP contribution is -2.61. The second-order valence-corrected chi connectivity index (χ2v) is 45.3. The summed E-state index contributed by atoms with van der Waals surface area (Å²) in [6.07, 6.45) is 32.6. The van der Waals surface area contributed by atoms with E-state index >= 15 is 0 Å². The minimum Gasteiger partial charge on any atom is -0.460 e. The third-order valence-electron chi connectivity index (χ3n) is 31.4. The van der Waals surface area contributed by atoms with Crippen LogP contribution in [0.15, 0.2) is 95.2 Å². The van der Waals surface area contributed by atoms with E-state index in [1.165, 1.54) is 9.80 Å². The number of cyclic esters (lactones) is 2. The molecule has 2 amide bonds. The Bertz CT molecular complexity index is 4430. The number of ether oxygens (including phenoxy) is 9. The highest BCUT2D eigenvalue weighted by Gasteiger charge is 2.56.